The van der Waals surface area contributed by atoms with Crippen LogP contribution in [0.5, 0.6) is 5.75 Å². The van der Waals surface area contributed by atoms with E-state index in [2.05, 4.69) is 26.7 Å². The average molecular weight is 362 g/mol. The quantitative estimate of drug-likeness (QED) is 0.698. The van der Waals surface area contributed by atoms with Gasteiger partial charge >= 0.3 is 0 Å². The largest absolute Gasteiger partial charge is 0.497 e. The molecule has 0 aliphatic carbocycles. The molecule has 0 spiro atoms. The van der Waals surface area contributed by atoms with Gasteiger partial charge in [-0.3, -0.25) is 4.79 Å². The SMILES string of the molecule is COc1ccc(CNC(=O)c2cnc(Nc3ccc(C)cc3C)nc2)cc1. The third-order valence-electron chi connectivity index (χ3n) is 4.15. The van der Waals surface area contributed by atoms with Crippen LogP contribution in [0.3, 0.4) is 0 Å². The highest BCUT2D eigenvalue weighted by molar-refractivity contribution is 5.93. The maximum absolute atomic E-state index is 12.3. The molecule has 0 saturated carbocycles. The van der Waals surface area contributed by atoms with E-state index in [9.17, 15) is 4.79 Å². The van der Waals surface area contributed by atoms with Crippen LogP contribution in [-0.2, 0) is 6.54 Å². The number of anilines is 2. The van der Waals surface area contributed by atoms with Gasteiger partial charge in [-0.1, -0.05) is 29.8 Å². The van der Waals surface area contributed by atoms with Crippen molar-refractivity contribution in [3.63, 3.8) is 0 Å². The number of aromatic nitrogens is 2. The number of methoxy groups -OCH3 is 1. The molecule has 3 aromatic rings. The van der Waals surface area contributed by atoms with Gasteiger partial charge in [0, 0.05) is 24.6 Å². The highest BCUT2D eigenvalue weighted by atomic mass is 16.5. The van der Waals surface area contributed by atoms with Crippen LogP contribution < -0.4 is 15.4 Å². The van der Waals surface area contributed by atoms with E-state index < -0.39 is 0 Å². The van der Waals surface area contributed by atoms with E-state index in [1.807, 2.05) is 50.2 Å². The minimum absolute atomic E-state index is 0.219. The fraction of sp³-hybridized carbons (Fsp3) is 0.190. The maximum atomic E-state index is 12.3. The number of benzene rings is 2. The molecule has 0 radical (unpaired) electrons. The van der Waals surface area contributed by atoms with Gasteiger partial charge in [0.05, 0.1) is 12.7 Å². The Kier molecular flexibility index (Phi) is 5.66. The Morgan fingerprint density at radius 3 is 2.37 bits per heavy atom. The van der Waals surface area contributed by atoms with Crippen LogP contribution in [0.4, 0.5) is 11.6 Å². The van der Waals surface area contributed by atoms with Gasteiger partial charge in [0.1, 0.15) is 5.75 Å². The van der Waals surface area contributed by atoms with Crippen LogP contribution in [0.1, 0.15) is 27.0 Å². The van der Waals surface area contributed by atoms with E-state index >= 15 is 0 Å². The number of ether oxygens (including phenoxy) is 1. The molecule has 2 aromatic carbocycles. The summed E-state index contributed by atoms with van der Waals surface area (Å²) in [7, 11) is 1.62. The van der Waals surface area contributed by atoms with Crippen molar-refractivity contribution in [2.45, 2.75) is 20.4 Å². The number of nitrogens with one attached hydrogen (secondary N) is 2. The average Bonchev–Trinajstić information content (AvgIpc) is 2.69. The fourth-order valence-corrected chi connectivity index (χ4v) is 2.61. The summed E-state index contributed by atoms with van der Waals surface area (Å²) in [4.78, 5) is 20.7. The summed E-state index contributed by atoms with van der Waals surface area (Å²) < 4.78 is 5.12. The van der Waals surface area contributed by atoms with Crippen molar-refractivity contribution in [2.75, 3.05) is 12.4 Å². The zero-order valence-corrected chi connectivity index (χ0v) is 15.6. The van der Waals surface area contributed by atoms with Crippen LogP contribution in [0.15, 0.2) is 54.9 Å². The molecule has 0 bridgehead atoms. The number of carbonyl (C=O) groups excluding carboxylic acids is 1. The second kappa shape index (κ2) is 8.31. The summed E-state index contributed by atoms with van der Waals surface area (Å²) >= 11 is 0. The molecule has 6 heteroatoms. The molecule has 0 saturated heterocycles. The molecule has 0 aliphatic heterocycles. The van der Waals surface area contributed by atoms with Crippen LogP contribution in [0.2, 0.25) is 0 Å². The van der Waals surface area contributed by atoms with E-state index in [1.165, 1.54) is 18.0 Å². The number of aryl methyl sites for hydroxylation is 2. The van der Waals surface area contributed by atoms with Crippen molar-refractivity contribution in [3.05, 3.63) is 77.1 Å². The van der Waals surface area contributed by atoms with Crippen molar-refractivity contribution in [1.82, 2.24) is 15.3 Å². The monoisotopic (exact) mass is 362 g/mol. The number of carbonyl (C=O) groups is 1. The molecule has 6 nitrogen and oxygen atoms in total. The van der Waals surface area contributed by atoms with Crippen molar-refractivity contribution >= 4 is 17.5 Å². The maximum Gasteiger partial charge on any atom is 0.254 e. The predicted octanol–water partition coefficient (Wildman–Crippen LogP) is 3.78. The lowest BCUT2D eigenvalue weighted by Crippen LogP contribution is -2.23. The highest BCUT2D eigenvalue weighted by Gasteiger charge is 2.08. The van der Waals surface area contributed by atoms with Crippen molar-refractivity contribution in [2.24, 2.45) is 0 Å². The first kappa shape index (κ1) is 18.4. The third-order valence-corrected chi connectivity index (χ3v) is 4.15. The lowest BCUT2D eigenvalue weighted by atomic mass is 10.1. The van der Waals surface area contributed by atoms with E-state index in [-0.39, 0.29) is 5.91 Å². The molecule has 0 aliphatic rings. The fourth-order valence-electron chi connectivity index (χ4n) is 2.61. The van der Waals surface area contributed by atoms with Gasteiger partial charge in [-0.15, -0.1) is 0 Å². The summed E-state index contributed by atoms with van der Waals surface area (Å²) in [6, 6.07) is 13.6. The number of hydrogen-bond donors (Lipinski definition) is 2. The minimum atomic E-state index is -0.219. The van der Waals surface area contributed by atoms with Crippen LogP contribution in [0, 0.1) is 13.8 Å². The second-order valence-electron chi connectivity index (χ2n) is 6.27. The van der Waals surface area contributed by atoms with Crippen molar-refractivity contribution in [3.8, 4) is 5.75 Å². The summed E-state index contributed by atoms with van der Waals surface area (Å²) in [6.07, 6.45) is 3.03. The normalized spacial score (nSPS) is 10.3. The van der Waals surface area contributed by atoms with Gasteiger partial charge in [-0.25, -0.2) is 9.97 Å². The molecule has 0 unspecified atom stereocenters. The third kappa shape index (κ3) is 4.82. The molecular weight excluding hydrogens is 340 g/mol. The van der Waals surface area contributed by atoms with Gasteiger partial charge in [0.15, 0.2) is 0 Å². The Labute approximate surface area is 158 Å². The first-order chi connectivity index (χ1) is 13.0. The Morgan fingerprint density at radius 1 is 1.04 bits per heavy atom. The van der Waals surface area contributed by atoms with Crippen molar-refractivity contribution < 1.29 is 9.53 Å². The Morgan fingerprint density at radius 2 is 1.74 bits per heavy atom. The molecule has 3 rings (SSSR count). The Bertz CT molecular complexity index is 922. The smallest absolute Gasteiger partial charge is 0.254 e. The number of rotatable bonds is 6. The standard InChI is InChI=1S/C21H22N4O2/c1-14-4-9-19(15(2)10-14)25-21-23-12-17(13-24-21)20(26)22-11-16-5-7-18(27-3)8-6-16/h4-10,12-13H,11H2,1-3H3,(H,22,26)(H,23,24,25). The van der Waals surface area contributed by atoms with Gasteiger partial charge in [0.2, 0.25) is 5.95 Å². The van der Waals surface area contributed by atoms with Gasteiger partial charge < -0.3 is 15.4 Å². The first-order valence-corrected chi connectivity index (χ1v) is 8.62. The zero-order valence-electron chi connectivity index (χ0n) is 15.6. The molecule has 1 heterocycles. The Hall–Kier alpha value is -3.41. The molecule has 1 amide bonds. The van der Waals surface area contributed by atoms with Crippen molar-refractivity contribution in [1.29, 1.82) is 0 Å². The van der Waals surface area contributed by atoms with Crippen LogP contribution in [-0.4, -0.2) is 23.0 Å². The topological polar surface area (TPSA) is 76.1 Å². The molecular formula is C21H22N4O2. The number of nitrogens with zero attached hydrogens (tertiary/aromatic N) is 2. The number of hydrogen-bond acceptors (Lipinski definition) is 5. The zero-order chi connectivity index (χ0) is 19.2. The van der Waals surface area contributed by atoms with E-state index in [4.69, 9.17) is 4.74 Å². The van der Waals surface area contributed by atoms with E-state index in [0.717, 1.165) is 22.6 Å². The lowest BCUT2D eigenvalue weighted by molar-refractivity contribution is 0.0950. The highest BCUT2D eigenvalue weighted by Crippen LogP contribution is 2.19. The van der Waals surface area contributed by atoms with E-state index in [0.29, 0.717) is 18.1 Å². The molecule has 27 heavy (non-hydrogen) atoms. The second-order valence-corrected chi connectivity index (χ2v) is 6.27. The lowest BCUT2D eigenvalue weighted by Gasteiger charge is -2.09. The van der Waals surface area contributed by atoms with Gasteiger partial charge in [0.25, 0.3) is 5.91 Å². The molecule has 138 valence electrons. The summed E-state index contributed by atoms with van der Waals surface area (Å²) in [5.74, 6) is 1.02. The summed E-state index contributed by atoms with van der Waals surface area (Å²) in [5, 5.41) is 6.03. The van der Waals surface area contributed by atoms with Crippen LogP contribution >= 0.6 is 0 Å². The molecule has 1 aromatic heterocycles. The Balaban J connectivity index is 1.59. The summed E-state index contributed by atoms with van der Waals surface area (Å²) in [5.41, 5.74) is 4.65. The molecule has 0 atom stereocenters. The predicted molar refractivity (Wildman–Crippen MR) is 105 cm³/mol. The molecule has 0 fully saturated rings. The minimum Gasteiger partial charge on any atom is -0.497 e. The first-order valence-electron chi connectivity index (χ1n) is 8.62. The van der Waals surface area contributed by atoms with E-state index in [1.54, 1.807) is 7.11 Å². The number of amides is 1. The summed E-state index contributed by atoms with van der Waals surface area (Å²) in [6.45, 7) is 4.49. The van der Waals surface area contributed by atoms with Gasteiger partial charge in [-0.05, 0) is 43.2 Å². The van der Waals surface area contributed by atoms with Gasteiger partial charge in [-0.2, -0.15) is 0 Å². The molecule has 2 N–H and O–H groups in total. The van der Waals surface area contributed by atoms with Crippen LogP contribution in [0.25, 0.3) is 0 Å².